The number of rotatable bonds is 4. The predicted octanol–water partition coefficient (Wildman–Crippen LogP) is 5.02. The third-order valence-electron chi connectivity index (χ3n) is 3.22. The minimum Gasteiger partial charge on any atom is -0.481 e. The fourth-order valence-corrected chi connectivity index (χ4v) is 2.32. The van der Waals surface area contributed by atoms with Crippen LogP contribution in [0.4, 0.5) is 5.69 Å². The van der Waals surface area contributed by atoms with E-state index in [0.717, 1.165) is 11.1 Å². The fraction of sp³-hybridized carbons (Fsp3) is 0.235. The van der Waals surface area contributed by atoms with E-state index in [0.29, 0.717) is 21.5 Å². The average Bonchev–Trinajstić information content (AvgIpc) is 2.47. The van der Waals surface area contributed by atoms with E-state index in [2.05, 4.69) is 5.32 Å². The number of hydrogen-bond acceptors (Lipinski definition) is 2. The smallest absolute Gasteiger partial charge is 0.265 e. The predicted molar refractivity (Wildman–Crippen MR) is 91.1 cm³/mol. The molecule has 2 rings (SSSR count). The van der Waals surface area contributed by atoms with Gasteiger partial charge in [0.25, 0.3) is 5.91 Å². The maximum Gasteiger partial charge on any atom is 0.265 e. The summed E-state index contributed by atoms with van der Waals surface area (Å²) < 4.78 is 5.69. The van der Waals surface area contributed by atoms with Crippen molar-refractivity contribution in [2.45, 2.75) is 26.9 Å². The molecule has 0 fully saturated rings. The zero-order valence-corrected chi connectivity index (χ0v) is 14.1. The summed E-state index contributed by atoms with van der Waals surface area (Å²) in [5.74, 6) is 0.347. The lowest BCUT2D eigenvalue weighted by molar-refractivity contribution is -0.122. The molecule has 1 N–H and O–H groups in total. The van der Waals surface area contributed by atoms with Crippen LogP contribution in [0.1, 0.15) is 18.1 Å². The quantitative estimate of drug-likeness (QED) is 0.850. The van der Waals surface area contributed by atoms with Gasteiger partial charge in [-0.05, 0) is 56.2 Å². The summed E-state index contributed by atoms with van der Waals surface area (Å²) in [6.45, 7) is 5.48. The van der Waals surface area contributed by atoms with Crippen LogP contribution in [0.15, 0.2) is 36.4 Å². The summed E-state index contributed by atoms with van der Waals surface area (Å²) in [6, 6.07) is 10.7. The monoisotopic (exact) mass is 337 g/mol. The van der Waals surface area contributed by atoms with E-state index in [1.807, 2.05) is 26.0 Å². The molecule has 0 saturated heterocycles. The van der Waals surface area contributed by atoms with Crippen LogP contribution < -0.4 is 10.1 Å². The Kier molecular flexibility index (Phi) is 5.33. The Labute approximate surface area is 140 Å². The molecular weight excluding hydrogens is 321 g/mol. The molecule has 0 heterocycles. The van der Waals surface area contributed by atoms with Crippen LogP contribution in [0.3, 0.4) is 0 Å². The van der Waals surface area contributed by atoms with Gasteiger partial charge in [0.15, 0.2) is 6.10 Å². The summed E-state index contributed by atoms with van der Waals surface area (Å²) in [4.78, 5) is 12.2. The lowest BCUT2D eigenvalue weighted by Crippen LogP contribution is -2.30. The van der Waals surface area contributed by atoms with Gasteiger partial charge in [-0.25, -0.2) is 0 Å². The molecular formula is C17H17Cl2NO2. The molecule has 1 atom stereocenters. The Balaban J connectivity index is 2.07. The van der Waals surface area contributed by atoms with Crippen LogP contribution in [0.2, 0.25) is 10.0 Å². The Morgan fingerprint density at radius 3 is 2.32 bits per heavy atom. The normalized spacial score (nSPS) is 11.9. The maximum atomic E-state index is 12.2. The largest absolute Gasteiger partial charge is 0.481 e. The van der Waals surface area contributed by atoms with Crippen molar-refractivity contribution in [1.82, 2.24) is 0 Å². The molecule has 22 heavy (non-hydrogen) atoms. The number of nitrogens with one attached hydrogen (secondary N) is 1. The van der Waals surface area contributed by atoms with E-state index >= 15 is 0 Å². The van der Waals surface area contributed by atoms with Crippen LogP contribution in [0.25, 0.3) is 0 Å². The van der Waals surface area contributed by atoms with E-state index in [-0.39, 0.29) is 5.91 Å². The second-order valence-corrected chi connectivity index (χ2v) is 5.89. The summed E-state index contributed by atoms with van der Waals surface area (Å²) in [7, 11) is 0. The highest BCUT2D eigenvalue weighted by Crippen LogP contribution is 2.27. The summed E-state index contributed by atoms with van der Waals surface area (Å²) in [5.41, 5.74) is 2.39. The third-order valence-corrected chi connectivity index (χ3v) is 4.15. The van der Waals surface area contributed by atoms with Crippen LogP contribution in [0.5, 0.6) is 5.75 Å². The summed E-state index contributed by atoms with van der Waals surface area (Å²) in [5, 5.41) is 3.94. The number of para-hydroxylation sites is 1. The van der Waals surface area contributed by atoms with Crippen LogP contribution in [-0.4, -0.2) is 12.0 Å². The minimum atomic E-state index is -0.656. The van der Waals surface area contributed by atoms with E-state index in [1.165, 1.54) is 0 Å². The van der Waals surface area contributed by atoms with E-state index < -0.39 is 6.10 Å². The highest BCUT2D eigenvalue weighted by atomic mass is 35.5. The average molecular weight is 338 g/mol. The SMILES string of the molecule is Cc1cc(O[C@@H](C)C(=O)Nc2ccccc2Cl)cc(C)c1Cl. The maximum absolute atomic E-state index is 12.2. The Morgan fingerprint density at radius 2 is 1.73 bits per heavy atom. The molecule has 0 aliphatic heterocycles. The minimum absolute atomic E-state index is 0.265. The van der Waals surface area contributed by atoms with Crippen LogP contribution in [0, 0.1) is 13.8 Å². The first-order valence-electron chi connectivity index (χ1n) is 6.87. The first kappa shape index (κ1) is 16.7. The zero-order valence-electron chi connectivity index (χ0n) is 12.6. The van der Waals surface area contributed by atoms with E-state index in [1.54, 1.807) is 31.2 Å². The number of ether oxygens (including phenoxy) is 1. The van der Waals surface area contributed by atoms with Crippen molar-refractivity contribution in [3.63, 3.8) is 0 Å². The Morgan fingerprint density at radius 1 is 1.14 bits per heavy atom. The molecule has 5 heteroatoms. The molecule has 2 aromatic carbocycles. The van der Waals surface area contributed by atoms with Gasteiger partial charge in [-0.2, -0.15) is 0 Å². The molecule has 0 saturated carbocycles. The number of carbonyl (C=O) groups is 1. The van der Waals surface area contributed by atoms with Gasteiger partial charge in [-0.1, -0.05) is 35.3 Å². The molecule has 0 aliphatic carbocycles. The lowest BCUT2D eigenvalue weighted by Gasteiger charge is -2.16. The van der Waals surface area contributed by atoms with Crippen molar-refractivity contribution < 1.29 is 9.53 Å². The number of halogens is 2. The van der Waals surface area contributed by atoms with Crippen molar-refractivity contribution in [2.75, 3.05) is 5.32 Å². The highest BCUT2D eigenvalue weighted by Gasteiger charge is 2.16. The number of aryl methyl sites for hydroxylation is 2. The van der Waals surface area contributed by atoms with Gasteiger partial charge in [-0.15, -0.1) is 0 Å². The van der Waals surface area contributed by atoms with E-state index in [4.69, 9.17) is 27.9 Å². The first-order valence-corrected chi connectivity index (χ1v) is 7.63. The topological polar surface area (TPSA) is 38.3 Å². The lowest BCUT2D eigenvalue weighted by atomic mass is 10.1. The fourth-order valence-electron chi connectivity index (χ4n) is 2.03. The third kappa shape index (κ3) is 3.93. The highest BCUT2D eigenvalue weighted by molar-refractivity contribution is 6.33. The van der Waals surface area contributed by atoms with Crippen LogP contribution in [-0.2, 0) is 4.79 Å². The number of benzene rings is 2. The molecule has 3 nitrogen and oxygen atoms in total. The van der Waals surface area contributed by atoms with Gasteiger partial charge in [0.1, 0.15) is 5.75 Å². The van der Waals surface area contributed by atoms with Crippen molar-refractivity contribution in [3.05, 3.63) is 57.6 Å². The first-order chi connectivity index (χ1) is 10.4. The molecule has 0 aromatic heterocycles. The molecule has 0 unspecified atom stereocenters. The molecule has 1 amide bonds. The number of anilines is 1. The summed E-state index contributed by atoms with van der Waals surface area (Å²) >= 11 is 12.1. The van der Waals surface area contributed by atoms with Crippen molar-refractivity contribution >= 4 is 34.8 Å². The number of amides is 1. The van der Waals surface area contributed by atoms with Crippen LogP contribution >= 0.6 is 23.2 Å². The molecule has 2 aromatic rings. The van der Waals surface area contributed by atoms with Gasteiger partial charge in [-0.3, -0.25) is 4.79 Å². The van der Waals surface area contributed by atoms with Crippen molar-refractivity contribution in [2.24, 2.45) is 0 Å². The Hall–Kier alpha value is -1.71. The van der Waals surface area contributed by atoms with E-state index in [9.17, 15) is 4.79 Å². The molecule has 0 aliphatic rings. The van der Waals surface area contributed by atoms with Crippen molar-refractivity contribution in [1.29, 1.82) is 0 Å². The van der Waals surface area contributed by atoms with Gasteiger partial charge in [0.2, 0.25) is 0 Å². The zero-order chi connectivity index (χ0) is 16.3. The number of hydrogen-bond donors (Lipinski definition) is 1. The van der Waals surface area contributed by atoms with Gasteiger partial charge in [0, 0.05) is 5.02 Å². The van der Waals surface area contributed by atoms with Gasteiger partial charge < -0.3 is 10.1 Å². The molecule has 0 radical (unpaired) electrons. The standard InChI is InChI=1S/C17H17Cl2NO2/c1-10-8-13(9-11(2)16(10)19)22-12(3)17(21)20-15-7-5-4-6-14(15)18/h4-9,12H,1-3H3,(H,20,21)/t12-/m0/s1. The van der Waals surface area contributed by atoms with Crippen molar-refractivity contribution in [3.8, 4) is 5.75 Å². The second kappa shape index (κ2) is 7.03. The van der Waals surface area contributed by atoms with Gasteiger partial charge in [0.05, 0.1) is 10.7 Å². The molecule has 0 spiro atoms. The van der Waals surface area contributed by atoms with Gasteiger partial charge >= 0.3 is 0 Å². The second-order valence-electron chi connectivity index (χ2n) is 5.10. The summed E-state index contributed by atoms with van der Waals surface area (Å²) in [6.07, 6.45) is -0.656. The Bertz CT molecular complexity index is 678. The molecule has 116 valence electrons. The number of carbonyl (C=O) groups excluding carboxylic acids is 1. The molecule has 0 bridgehead atoms.